The second-order valence-electron chi connectivity index (χ2n) is 1.75. The van der Waals surface area contributed by atoms with E-state index in [4.69, 9.17) is 4.55 Å². The molecule has 0 fully saturated rings. The Morgan fingerprint density at radius 1 is 1.00 bits per heavy atom. The average molecular weight is 207 g/mol. The topological polar surface area (TPSA) is 98.6 Å². The number of rotatable bonds is 1. The lowest BCUT2D eigenvalue weighted by Gasteiger charge is -1.82. The van der Waals surface area contributed by atoms with Crippen LogP contribution in [0.5, 0.6) is 0 Å². The highest BCUT2D eigenvalue weighted by molar-refractivity contribution is 7.80. The Labute approximate surface area is 77.9 Å². The fourth-order valence-corrected chi connectivity index (χ4v) is 0.385. The second kappa shape index (κ2) is 7.69. The van der Waals surface area contributed by atoms with Gasteiger partial charge in [-0.2, -0.15) is 8.42 Å². The minimum absolute atomic E-state index is 0. The first-order chi connectivity index (χ1) is 5.56. The maximum absolute atomic E-state index is 9.33. The van der Waals surface area contributed by atoms with Crippen molar-refractivity contribution in [3.63, 3.8) is 0 Å². The van der Waals surface area contributed by atoms with Gasteiger partial charge in [-0.1, -0.05) is 36.4 Å². The quantitative estimate of drug-likeness (QED) is 0.676. The molecule has 1 aromatic rings. The molecule has 0 atom stereocenters. The maximum Gasteiger partial charge on any atom is 0.397 e. The van der Waals surface area contributed by atoms with Crippen LogP contribution in [0.15, 0.2) is 36.4 Å². The van der Waals surface area contributed by atoms with Gasteiger partial charge in [0.2, 0.25) is 0 Å². The number of hydrogen-bond donors (Lipinski definition) is 2. The molecule has 6 heteroatoms. The van der Waals surface area contributed by atoms with Crippen LogP contribution in [0.2, 0.25) is 0 Å². The van der Waals surface area contributed by atoms with E-state index < -0.39 is 10.4 Å². The molecule has 0 unspecified atom stereocenters. The number of benzene rings is 1. The van der Waals surface area contributed by atoms with Crippen LogP contribution in [0, 0.1) is 0 Å². The third kappa shape index (κ3) is 14.0. The molecule has 76 valence electrons. The highest BCUT2D eigenvalue weighted by atomic mass is 32.3. The molecular formula is C7H13NO4S. The molecule has 0 aliphatic carbocycles. The monoisotopic (exact) mass is 207 g/mol. The molecule has 0 spiro atoms. The summed E-state index contributed by atoms with van der Waals surface area (Å²) in [6.45, 7) is 0. The Hall–Kier alpha value is -0.950. The van der Waals surface area contributed by atoms with E-state index in [-0.39, 0.29) is 6.15 Å². The molecule has 1 aromatic carbocycles. The predicted octanol–water partition coefficient (Wildman–Crippen LogP) is 1.28. The van der Waals surface area contributed by atoms with Gasteiger partial charge >= 0.3 is 10.4 Å². The van der Waals surface area contributed by atoms with E-state index in [2.05, 4.69) is 4.18 Å². The van der Waals surface area contributed by atoms with Crippen molar-refractivity contribution in [2.45, 2.75) is 0 Å². The third-order valence-electron chi connectivity index (χ3n) is 0.877. The lowest BCUT2D eigenvalue weighted by Crippen LogP contribution is -1.96. The van der Waals surface area contributed by atoms with Crippen LogP contribution >= 0.6 is 0 Å². The van der Waals surface area contributed by atoms with Crippen LogP contribution in [0.3, 0.4) is 0 Å². The maximum atomic E-state index is 9.33. The second-order valence-corrected chi connectivity index (χ2v) is 2.94. The van der Waals surface area contributed by atoms with E-state index in [1.807, 2.05) is 36.4 Å². The first-order valence-corrected chi connectivity index (χ1v) is 4.46. The molecule has 0 saturated heterocycles. The average Bonchev–Trinajstić information content (AvgIpc) is 2.07. The van der Waals surface area contributed by atoms with E-state index in [1.165, 1.54) is 0 Å². The van der Waals surface area contributed by atoms with E-state index >= 15 is 0 Å². The zero-order valence-electron chi connectivity index (χ0n) is 7.25. The normalized spacial score (nSPS) is 9.08. The van der Waals surface area contributed by atoms with Crippen molar-refractivity contribution in [3.05, 3.63) is 36.4 Å². The molecule has 13 heavy (non-hydrogen) atoms. The third-order valence-corrected chi connectivity index (χ3v) is 1.30. The molecule has 0 aliphatic rings. The van der Waals surface area contributed by atoms with Crippen molar-refractivity contribution in [1.29, 1.82) is 0 Å². The predicted molar refractivity (Wildman–Crippen MR) is 50.0 cm³/mol. The summed E-state index contributed by atoms with van der Waals surface area (Å²) >= 11 is 0. The number of hydrogen-bond acceptors (Lipinski definition) is 4. The molecule has 0 aliphatic heterocycles. The summed E-state index contributed by atoms with van der Waals surface area (Å²) in [5, 5.41) is 0. The van der Waals surface area contributed by atoms with Gasteiger partial charge in [0.05, 0.1) is 7.11 Å². The fourth-order valence-electron chi connectivity index (χ4n) is 0.385. The molecular weight excluding hydrogens is 194 g/mol. The molecule has 0 bridgehead atoms. The van der Waals surface area contributed by atoms with Crippen molar-refractivity contribution >= 4 is 10.4 Å². The van der Waals surface area contributed by atoms with Crippen molar-refractivity contribution in [1.82, 2.24) is 6.15 Å². The summed E-state index contributed by atoms with van der Waals surface area (Å²) in [5.74, 6) is 0. The van der Waals surface area contributed by atoms with Gasteiger partial charge in [-0.15, -0.1) is 0 Å². The van der Waals surface area contributed by atoms with Gasteiger partial charge < -0.3 is 6.15 Å². The minimum Gasteiger partial charge on any atom is -0.344 e. The lowest BCUT2D eigenvalue weighted by molar-refractivity contribution is 0.324. The van der Waals surface area contributed by atoms with Crippen molar-refractivity contribution in [2.24, 2.45) is 0 Å². The van der Waals surface area contributed by atoms with Gasteiger partial charge in [0.1, 0.15) is 0 Å². The summed E-state index contributed by atoms with van der Waals surface area (Å²) in [6.07, 6.45) is 0. The van der Waals surface area contributed by atoms with Crippen LogP contribution in [0.4, 0.5) is 0 Å². The Bertz CT molecular complexity index is 258. The zero-order valence-corrected chi connectivity index (χ0v) is 8.07. The minimum atomic E-state index is -4.16. The van der Waals surface area contributed by atoms with Crippen molar-refractivity contribution in [3.8, 4) is 0 Å². The van der Waals surface area contributed by atoms with Crippen LogP contribution in [0.1, 0.15) is 0 Å². The van der Waals surface area contributed by atoms with Crippen LogP contribution in [-0.4, -0.2) is 20.1 Å². The molecule has 5 nitrogen and oxygen atoms in total. The molecule has 0 aromatic heterocycles. The smallest absolute Gasteiger partial charge is 0.344 e. The summed E-state index contributed by atoms with van der Waals surface area (Å²) in [4.78, 5) is 0. The summed E-state index contributed by atoms with van der Waals surface area (Å²) < 4.78 is 29.7. The van der Waals surface area contributed by atoms with Crippen molar-refractivity contribution in [2.75, 3.05) is 7.11 Å². The molecule has 0 heterocycles. The highest BCUT2D eigenvalue weighted by Gasteiger charge is 1.93. The van der Waals surface area contributed by atoms with E-state index in [0.717, 1.165) is 7.11 Å². The Kier molecular flexibility index (Phi) is 8.61. The van der Waals surface area contributed by atoms with Gasteiger partial charge in [-0.25, -0.2) is 0 Å². The fraction of sp³-hybridized carbons (Fsp3) is 0.143. The van der Waals surface area contributed by atoms with Crippen LogP contribution < -0.4 is 6.15 Å². The first kappa shape index (κ1) is 14.6. The summed E-state index contributed by atoms with van der Waals surface area (Å²) in [5.41, 5.74) is 0. The largest absolute Gasteiger partial charge is 0.397 e. The zero-order chi connectivity index (χ0) is 9.45. The van der Waals surface area contributed by atoms with E-state index in [1.54, 1.807) is 0 Å². The standard InChI is InChI=1S/C6H6.CH4O4S.H3N/c1-2-4-6-5-3-1;1-5-6(2,3)4;/h1-6H;1H3,(H,2,3,4);1H3. The van der Waals surface area contributed by atoms with Gasteiger partial charge in [0.25, 0.3) is 0 Å². The summed E-state index contributed by atoms with van der Waals surface area (Å²) in [6, 6.07) is 12.0. The molecule has 0 radical (unpaired) electrons. The Morgan fingerprint density at radius 3 is 1.23 bits per heavy atom. The first-order valence-electron chi connectivity index (χ1n) is 3.09. The van der Waals surface area contributed by atoms with Crippen molar-refractivity contribution < 1.29 is 17.2 Å². The van der Waals surface area contributed by atoms with Gasteiger partial charge in [0, 0.05) is 0 Å². The van der Waals surface area contributed by atoms with Crippen LogP contribution in [0.25, 0.3) is 0 Å². The van der Waals surface area contributed by atoms with Gasteiger partial charge in [0.15, 0.2) is 0 Å². The van der Waals surface area contributed by atoms with E-state index in [0.29, 0.717) is 0 Å². The van der Waals surface area contributed by atoms with Crippen LogP contribution in [-0.2, 0) is 14.6 Å². The summed E-state index contributed by atoms with van der Waals surface area (Å²) in [7, 11) is -3.29. The van der Waals surface area contributed by atoms with Gasteiger partial charge in [-0.05, 0) is 0 Å². The Balaban J connectivity index is 0. The van der Waals surface area contributed by atoms with E-state index in [9.17, 15) is 8.42 Å². The molecule has 0 saturated carbocycles. The molecule has 1 rings (SSSR count). The Morgan fingerprint density at radius 2 is 1.15 bits per heavy atom. The molecule has 4 N–H and O–H groups in total. The lowest BCUT2D eigenvalue weighted by atomic mass is 10.4. The van der Waals surface area contributed by atoms with Gasteiger partial charge in [-0.3, -0.25) is 8.74 Å². The highest BCUT2D eigenvalue weighted by Crippen LogP contribution is 1.79. The SMILES string of the molecule is COS(=O)(=O)O.N.c1ccccc1. The molecule has 0 amide bonds.